The highest BCUT2D eigenvalue weighted by atomic mass is 19.1. The molecule has 2 nitrogen and oxygen atoms in total. The third-order valence-corrected chi connectivity index (χ3v) is 2.93. The van der Waals surface area contributed by atoms with Crippen molar-refractivity contribution in [3.05, 3.63) is 30.1 Å². The molecule has 0 heterocycles. The van der Waals surface area contributed by atoms with E-state index in [-0.39, 0.29) is 5.82 Å². The lowest BCUT2D eigenvalue weighted by Crippen LogP contribution is -2.23. The molecule has 0 saturated carbocycles. The molecule has 0 saturated heterocycles. The highest BCUT2D eigenvalue weighted by Gasteiger charge is 1.93. The first-order chi connectivity index (χ1) is 8.83. The van der Waals surface area contributed by atoms with Crippen LogP contribution in [0.15, 0.2) is 24.3 Å². The second kappa shape index (κ2) is 9.89. The predicted octanol–water partition coefficient (Wildman–Crippen LogP) is 3.80. The first-order valence-electron chi connectivity index (χ1n) is 7.03. The number of nitrogens with one attached hydrogen (secondary N) is 2. The van der Waals surface area contributed by atoms with E-state index in [9.17, 15) is 4.39 Å². The van der Waals surface area contributed by atoms with Crippen LogP contribution in [0.2, 0.25) is 0 Å². The molecule has 1 aromatic rings. The van der Waals surface area contributed by atoms with Crippen molar-refractivity contribution in [2.24, 2.45) is 0 Å². The molecule has 0 radical (unpaired) electrons. The number of rotatable bonds is 10. The van der Waals surface area contributed by atoms with Gasteiger partial charge in [0.15, 0.2) is 0 Å². The maximum Gasteiger partial charge on any atom is 0.123 e. The zero-order valence-electron chi connectivity index (χ0n) is 11.3. The van der Waals surface area contributed by atoms with E-state index < -0.39 is 0 Å². The summed E-state index contributed by atoms with van der Waals surface area (Å²) >= 11 is 0. The molecule has 2 N–H and O–H groups in total. The number of benzene rings is 1. The van der Waals surface area contributed by atoms with E-state index in [1.165, 1.54) is 44.2 Å². The Kier molecular flexibility index (Phi) is 8.23. The minimum absolute atomic E-state index is 0.189. The Labute approximate surface area is 110 Å². The molecule has 0 amide bonds. The van der Waals surface area contributed by atoms with E-state index in [1.807, 2.05) is 0 Å². The maximum atomic E-state index is 12.7. The molecule has 3 heteroatoms. The average Bonchev–Trinajstić information content (AvgIpc) is 2.39. The summed E-state index contributed by atoms with van der Waals surface area (Å²) < 4.78 is 12.7. The van der Waals surface area contributed by atoms with Crippen LogP contribution < -0.4 is 10.6 Å². The van der Waals surface area contributed by atoms with E-state index in [4.69, 9.17) is 0 Å². The summed E-state index contributed by atoms with van der Waals surface area (Å²) in [7, 11) is 0. The Balaban J connectivity index is 1.91. The molecule has 0 spiro atoms. The summed E-state index contributed by atoms with van der Waals surface area (Å²) in [6.45, 7) is 5.15. The maximum absolute atomic E-state index is 12.7. The Morgan fingerprint density at radius 3 is 2.33 bits per heavy atom. The van der Waals surface area contributed by atoms with Crippen molar-refractivity contribution in [2.45, 2.75) is 39.0 Å². The molecule has 0 aliphatic carbocycles. The zero-order valence-corrected chi connectivity index (χ0v) is 11.3. The van der Waals surface area contributed by atoms with Crippen LogP contribution in [-0.2, 0) is 0 Å². The largest absolute Gasteiger partial charge is 0.384 e. The zero-order chi connectivity index (χ0) is 13.1. The summed E-state index contributed by atoms with van der Waals surface area (Å²) in [5.41, 5.74) is 0.973. The fraction of sp³-hybridized carbons (Fsp3) is 0.600. The van der Waals surface area contributed by atoms with Crippen LogP contribution >= 0.6 is 0 Å². The van der Waals surface area contributed by atoms with Gasteiger partial charge in [0.2, 0.25) is 0 Å². The van der Waals surface area contributed by atoms with Gasteiger partial charge in [-0.3, -0.25) is 0 Å². The van der Waals surface area contributed by atoms with Gasteiger partial charge in [-0.15, -0.1) is 0 Å². The van der Waals surface area contributed by atoms with Crippen LogP contribution in [0.4, 0.5) is 10.1 Å². The minimum atomic E-state index is -0.189. The Bertz CT molecular complexity index is 298. The number of anilines is 1. The Morgan fingerprint density at radius 1 is 0.889 bits per heavy atom. The number of hydrogen-bond donors (Lipinski definition) is 2. The van der Waals surface area contributed by atoms with Gasteiger partial charge in [0.25, 0.3) is 0 Å². The molecule has 0 aliphatic rings. The SMILES string of the molecule is CCCCCCCNCCNc1ccc(F)cc1. The molecule has 18 heavy (non-hydrogen) atoms. The van der Waals surface area contributed by atoms with Gasteiger partial charge in [-0.05, 0) is 37.2 Å². The fourth-order valence-corrected chi connectivity index (χ4v) is 1.84. The van der Waals surface area contributed by atoms with Crippen molar-refractivity contribution in [3.8, 4) is 0 Å². The standard InChI is InChI=1S/C15H25FN2/c1-2-3-4-5-6-11-17-12-13-18-15-9-7-14(16)8-10-15/h7-10,17-18H,2-6,11-13H2,1H3. The smallest absolute Gasteiger partial charge is 0.123 e. The van der Waals surface area contributed by atoms with Crippen molar-refractivity contribution < 1.29 is 4.39 Å². The van der Waals surface area contributed by atoms with Gasteiger partial charge in [-0.25, -0.2) is 4.39 Å². The summed E-state index contributed by atoms with van der Waals surface area (Å²) in [5, 5.41) is 6.66. The van der Waals surface area contributed by atoms with E-state index in [0.29, 0.717) is 0 Å². The highest BCUT2D eigenvalue weighted by molar-refractivity contribution is 5.42. The van der Waals surface area contributed by atoms with Crippen LogP contribution in [0.1, 0.15) is 39.0 Å². The topological polar surface area (TPSA) is 24.1 Å². The molecule has 0 fully saturated rings. The van der Waals surface area contributed by atoms with Crippen molar-refractivity contribution >= 4 is 5.69 Å². The van der Waals surface area contributed by atoms with E-state index >= 15 is 0 Å². The number of unbranched alkanes of at least 4 members (excludes halogenated alkanes) is 4. The lowest BCUT2D eigenvalue weighted by atomic mass is 10.1. The van der Waals surface area contributed by atoms with E-state index in [0.717, 1.165) is 25.3 Å². The van der Waals surface area contributed by atoms with Gasteiger partial charge in [-0.2, -0.15) is 0 Å². The third kappa shape index (κ3) is 7.28. The third-order valence-electron chi connectivity index (χ3n) is 2.93. The summed E-state index contributed by atoms with van der Waals surface area (Å²) in [6.07, 6.45) is 6.59. The number of halogens is 1. The predicted molar refractivity (Wildman–Crippen MR) is 76.5 cm³/mol. The molecule has 102 valence electrons. The first kappa shape index (κ1) is 15.0. The fourth-order valence-electron chi connectivity index (χ4n) is 1.84. The molecular weight excluding hydrogens is 227 g/mol. The summed E-state index contributed by atoms with van der Waals surface area (Å²) in [5.74, 6) is -0.189. The minimum Gasteiger partial charge on any atom is -0.384 e. The van der Waals surface area contributed by atoms with Gasteiger partial charge in [0.1, 0.15) is 5.82 Å². The van der Waals surface area contributed by atoms with Crippen LogP contribution in [0.3, 0.4) is 0 Å². The van der Waals surface area contributed by atoms with Gasteiger partial charge in [0, 0.05) is 18.8 Å². The molecule has 0 bridgehead atoms. The normalized spacial score (nSPS) is 10.6. The van der Waals surface area contributed by atoms with Crippen LogP contribution in [0.5, 0.6) is 0 Å². The first-order valence-corrected chi connectivity index (χ1v) is 7.03. The highest BCUT2D eigenvalue weighted by Crippen LogP contribution is 2.07. The molecule has 1 aromatic carbocycles. The van der Waals surface area contributed by atoms with Gasteiger partial charge in [0.05, 0.1) is 0 Å². The molecule has 0 aromatic heterocycles. The van der Waals surface area contributed by atoms with Crippen molar-refractivity contribution in [1.29, 1.82) is 0 Å². The van der Waals surface area contributed by atoms with Crippen LogP contribution in [-0.4, -0.2) is 19.6 Å². The van der Waals surface area contributed by atoms with Crippen LogP contribution in [0, 0.1) is 5.82 Å². The lowest BCUT2D eigenvalue weighted by molar-refractivity contribution is 0.589. The van der Waals surface area contributed by atoms with Gasteiger partial charge < -0.3 is 10.6 Å². The lowest BCUT2D eigenvalue weighted by Gasteiger charge is -2.07. The van der Waals surface area contributed by atoms with Crippen molar-refractivity contribution in [1.82, 2.24) is 5.32 Å². The quantitative estimate of drug-likeness (QED) is 0.619. The molecular formula is C15H25FN2. The Morgan fingerprint density at radius 2 is 1.61 bits per heavy atom. The number of hydrogen-bond acceptors (Lipinski definition) is 2. The Hall–Kier alpha value is -1.09. The molecule has 0 aliphatic heterocycles. The van der Waals surface area contributed by atoms with Crippen molar-refractivity contribution in [2.75, 3.05) is 25.0 Å². The summed E-state index contributed by atoms with van der Waals surface area (Å²) in [4.78, 5) is 0. The van der Waals surface area contributed by atoms with Gasteiger partial charge in [-0.1, -0.05) is 32.6 Å². The molecule has 0 unspecified atom stereocenters. The van der Waals surface area contributed by atoms with E-state index in [2.05, 4.69) is 17.6 Å². The monoisotopic (exact) mass is 252 g/mol. The second-order valence-corrected chi connectivity index (χ2v) is 4.60. The van der Waals surface area contributed by atoms with Gasteiger partial charge >= 0.3 is 0 Å². The summed E-state index contributed by atoms with van der Waals surface area (Å²) in [6, 6.07) is 6.48. The molecule has 0 atom stereocenters. The van der Waals surface area contributed by atoms with E-state index in [1.54, 1.807) is 12.1 Å². The average molecular weight is 252 g/mol. The second-order valence-electron chi connectivity index (χ2n) is 4.60. The van der Waals surface area contributed by atoms with Crippen LogP contribution in [0.25, 0.3) is 0 Å². The van der Waals surface area contributed by atoms with Crippen molar-refractivity contribution in [3.63, 3.8) is 0 Å². The molecule has 1 rings (SSSR count).